The van der Waals surface area contributed by atoms with E-state index in [4.69, 9.17) is 12.2 Å². The summed E-state index contributed by atoms with van der Waals surface area (Å²) in [7, 11) is 0. The molecule has 2 N–H and O–H groups in total. The number of anilines is 1. The van der Waals surface area contributed by atoms with Crippen molar-refractivity contribution in [3.63, 3.8) is 0 Å². The summed E-state index contributed by atoms with van der Waals surface area (Å²) in [5, 5.41) is 6.95. The van der Waals surface area contributed by atoms with E-state index in [9.17, 15) is 0 Å². The topological polar surface area (TPSA) is 49.8 Å². The predicted molar refractivity (Wildman–Crippen MR) is 86.9 cm³/mol. The van der Waals surface area contributed by atoms with Crippen LogP contribution >= 0.6 is 12.2 Å². The van der Waals surface area contributed by atoms with Crippen LogP contribution in [0.25, 0.3) is 0 Å². The lowest BCUT2D eigenvalue weighted by Crippen LogP contribution is -2.30. The summed E-state index contributed by atoms with van der Waals surface area (Å²) < 4.78 is 0. The molecule has 1 aromatic rings. The molecule has 1 aromatic heterocycles. The molecule has 1 aliphatic rings. The van der Waals surface area contributed by atoms with Crippen LogP contribution in [0.15, 0.2) is 17.8 Å². The zero-order valence-electron chi connectivity index (χ0n) is 12.2. The molecule has 0 aromatic carbocycles. The van der Waals surface area contributed by atoms with E-state index in [1.165, 1.54) is 25.7 Å². The fourth-order valence-electron chi connectivity index (χ4n) is 2.34. The average molecular weight is 290 g/mol. The number of hydrogen-bond acceptors (Lipinski definition) is 3. The van der Waals surface area contributed by atoms with Crippen LogP contribution in [0.3, 0.4) is 0 Å². The van der Waals surface area contributed by atoms with Gasteiger partial charge in [0.05, 0.1) is 17.6 Å². The van der Waals surface area contributed by atoms with Crippen molar-refractivity contribution in [3.8, 4) is 0 Å². The van der Waals surface area contributed by atoms with Crippen molar-refractivity contribution in [1.29, 1.82) is 0 Å². The minimum absolute atomic E-state index is 0.614. The van der Waals surface area contributed by atoms with Gasteiger partial charge < -0.3 is 10.6 Å². The summed E-state index contributed by atoms with van der Waals surface area (Å²) in [5.74, 6) is 0.727. The molecule has 1 aliphatic carbocycles. The maximum atomic E-state index is 5.29. The van der Waals surface area contributed by atoms with Gasteiger partial charge in [0.1, 0.15) is 0 Å². The molecule has 0 bridgehead atoms. The highest BCUT2D eigenvalue weighted by atomic mass is 32.1. The third-order valence-corrected chi connectivity index (χ3v) is 3.66. The number of hydrogen-bond donors (Lipinski definition) is 2. The van der Waals surface area contributed by atoms with Crippen LogP contribution < -0.4 is 10.6 Å². The van der Waals surface area contributed by atoms with Crippen molar-refractivity contribution in [3.05, 3.63) is 29.2 Å². The molecule has 108 valence electrons. The van der Waals surface area contributed by atoms with Gasteiger partial charge >= 0.3 is 0 Å². The fourth-order valence-corrected chi connectivity index (χ4v) is 2.54. The van der Waals surface area contributed by atoms with Gasteiger partial charge in [-0.05, 0) is 58.2 Å². The van der Waals surface area contributed by atoms with Crippen molar-refractivity contribution in [2.75, 3.05) is 11.9 Å². The molecule has 0 amide bonds. The summed E-state index contributed by atoms with van der Waals surface area (Å²) >= 11 is 5.29. The molecule has 2 rings (SSSR count). The molecular weight excluding hydrogens is 268 g/mol. The molecule has 0 atom stereocenters. The van der Waals surface area contributed by atoms with Crippen LogP contribution in [0.1, 0.15) is 43.5 Å². The largest absolute Gasteiger partial charge is 0.362 e. The summed E-state index contributed by atoms with van der Waals surface area (Å²) in [4.78, 5) is 8.66. The summed E-state index contributed by atoms with van der Waals surface area (Å²) in [6, 6.07) is 0. The van der Waals surface area contributed by atoms with Gasteiger partial charge in [-0.25, -0.2) is 4.98 Å². The highest BCUT2D eigenvalue weighted by Gasteiger charge is 2.06. The van der Waals surface area contributed by atoms with Crippen LogP contribution in [0.4, 0.5) is 5.82 Å². The molecule has 5 heteroatoms. The van der Waals surface area contributed by atoms with E-state index < -0.39 is 0 Å². The highest BCUT2D eigenvalue weighted by Crippen LogP contribution is 2.19. The van der Waals surface area contributed by atoms with Gasteiger partial charge in [0, 0.05) is 6.54 Å². The Balaban J connectivity index is 1.76. The first-order chi connectivity index (χ1) is 9.65. The third kappa shape index (κ3) is 4.56. The number of nitrogens with one attached hydrogen (secondary N) is 2. The van der Waals surface area contributed by atoms with Crippen molar-refractivity contribution in [2.45, 2.75) is 46.0 Å². The van der Waals surface area contributed by atoms with Gasteiger partial charge in [-0.1, -0.05) is 11.6 Å². The minimum atomic E-state index is 0.614. The van der Waals surface area contributed by atoms with Gasteiger partial charge in [-0.3, -0.25) is 4.98 Å². The van der Waals surface area contributed by atoms with Gasteiger partial charge in [0.25, 0.3) is 0 Å². The van der Waals surface area contributed by atoms with E-state index in [-0.39, 0.29) is 0 Å². The molecule has 0 aliphatic heterocycles. The standard InChI is InChI=1S/C15H22N4S/c1-11-10-17-14(12(2)18-11)19-15(20)16-9-8-13-6-4-3-5-7-13/h6,10H,3-5,7-9H2,1-2H3,(H2,16,17,19,20). The smallest absolute Gasteiger partial charge is 0.172 e. The van der Waals surface area contributed by atoms with E-state index in [0.717, 1.165) is 30.2 Å². The summed E-state index contributed by atoms with van der Waals surface area (Å²) in [6.07, 6.45) is 10.3. The first-order valence-corrected chi connectivity index (χ1v) is 7.59. The number of rotatable bonds is 4. The molecular formula is C15H22N4S. The average Bonchev–Trinajstić information content (AvgIpc) is 2.43. The molecule has 0 unspecified atom stereocenters. The van der Waals surface area contributed by atoms with Crippen LogP contribution in [0.2, 0.25) is 0 Å². The second-order valence-corrected chi connectivity index (χ2v) is 5.59. The van der Waals surface area contributed by atoms with Crippen molar-refractivity contribution in [1.82, 2.24) is 15.3 Å². The predicted octanol–water partition coefficient (Wildman–Crippen LogP) is 3.27. The Bertz CT molecular complexity index is 511. The van der Waals surface area contributed by atoms with Gasteiger partial charge in [-0.15, -0.1) is 0 Å². The van der Waals surface area contributed by atoms with Gasteiger partial charge in [-0.2, -0.15) is 0 Å². The Morgan fingerprint density at radius 2 is 2.20 bits per heavy atom. The molecule has 0 spiro atoms. The molecule has 0 radical (unpaired) electrons. The van der Waals surface area contributed by atoms with E-state index in [2.05, 4.69) is 26.7 Å². The number of nitrogens with zero attached hydrogens (tertiary/aromatic N) is 2. The fraction of sp³-hybridized carbons (Fsp3) is 0.533. The normalized spacial score (nSPS) is 14.6. The number of thiocarbonyl (C=S) groups is 1. The van der Waals surface area contributed by atoms with Crippen LogP contribution in [0.5, 0.6) is 0 Å². The van der Waals surface area contributed by atoms with E-state index in [0.29, 0.717) is 5.11 Å². The van der Waals surface area contributed by atoms with Crippen LogP contribution in [-0.4, -0.2) is 21.6 Å². The Labute approximate surface area is 126 Å². The van der Waals surface area contributed by atoms with E-state index in [1.54, 1.807) is 11.8 Å². The third-order valence-electron chi connectivity index (χ3n) is 3.42. The van der Waals surface area contributed by atoms with Crippen LogP contribution in [0, 0.1) is 13.8 Å². The first kappa shape index (κ1) is 14.9. The summed E-state index contributed by atoms with van der Waals surface area (Å²) in [6.45, 7) is 4.73. The van der Waals surface area contributed by atoms with Crippen LogP contribution in [-0.2, 0) is 0 Å². The molecule has 0 saturated heterocycles. The Hall–Kier alpha value is -1.49. The number of allylic oxidation sites excluding steroid dienone is 1. The second kappa shape index (κ2) is 7.33. The van der Waals surface area contributed by atoms with Crippen molar-refractivity contribution < 1.29 is 0 Å². The molecule has 0 saturated carbocycles. The zero-order valence-corrected chi connectivity index (χ0v) is 13.0. The van der Waals surface area contributed by atoms with Gasteiger partial charge in [0.15, 0.2) is 10.9 Å². The quantitative estimate of drug-likeness (QED) is 0.658. The van der Waals surface area contributed by atoms with Crippen molar-refractivity contribution in [2.24, 2.45) is 0 Å². The molecule has 1 heterocycles. The SMILES string of the molecule is Cc1cnc(NC(=S)NCCC2=CCCCC2)c(C)n1. The van der Waals surface area contributed by atoms with Gasteiger partial charge in [0.2, 0.25) is 0 Å². The van der Waals surface area contributed by atoms with E-state index >= 15 is 0 Å². The molecule has 0 fully saturated rings. The lowest BCUT2D eigenvalue weighted by molar-refractivity contribution is 0.669. The van der Waals surface area contributed by atoms with E-state index in [1.807, 2.05) is 13.8 Å². The maximum absolute atomic E-state index is 5.29. The second-order valence-electron chi connectivity index (χ2n) is 5.18. The lowest BCUT2D eigenvalue weighted by atomic mass is 9.97. The monoisotopic (exact) mass is 290 g/mol. The zero-order chi connectivity index (χ0) is 14.4. The van der Waals surface area contributed by atoms with Crippen molar-refractivity contribution >= 4 is 23.1 Å². The minimum Gasteiger partial charge on any atom is -0.362 e. The highest BCUT2D eigenvalue weighted by molar-refractivity contribution is 7.80. The Morgan fingerprint density at radius 1 is 1.35 bits per heavy atom. The Morgan fingerprint density at radius 3 is 2.90 bits per heavy atom. The maximum Gasteiger partial charge on any atom is 0.172 e. The molecule has 4 nitrogen and oxygen atoms in total. The first-order valence-electron chi connectivity index (χ1n) is 7.18. The number of aryl methyl sites for hydroxylation is 2. The molecule has 20 heavy (non-hydrogen) atoms. The lowest BCUT2D eigenvalue weighted by Gasteiger charge is -2.14. The number of aromatic nitrogens is 2. The Kier molecular flexibility index (Phi) is 5.47. The summed E-state index contributed by atoms with van der Waals surface area (Å²) in [5.41, 5.74) is 3.33.